The molecule has 0 fully saturated rings. The Balaban J connectivity index is 1.99. The lowest BCUT2D eigenvalue weighted by molar-refractivity contribution is 1.70. The molecule has 0 nitrogen and oxygen atoms in total. The van der Waals surface area contributed by atoms with Gasteiger partial charge in [0, 0.05) is 14.6 Å². The van der Waals surface area contributed by atoms with E-state index >= 15 is 0 Å². The van der Waals surface area contributed by atoms with E-state index in [9.17, 15) is 0 Å². The van der Waals surface area contributed by atoms with E-state index in [0.717, 1.165) is 4.34 Å². The van der Waals surface area contributed by atoms with E-state index in [-0.39, 0.29) is 0 Å². The van der Waals surface area contributed by atoms with E-state index < -0.39 is 0 Å². The Morgan fingerprint density at radius 3 is 2.00 bits per heavy atom. The zero-order valence-electron chi connectivity index (χ0n) is 8.89. The largest absolute Gasteiger partial charge is 0.134 e. The Morgan fingerprint density at radius 1 is 0.647 bits per heavy atom. The van der Waals surface area contributed by atoms with Gasteiger partial charge in [-0.05, 0) is 29.8 Å². The van der Waals surface area contributed by atoms with Gasteiger partial charge in [0.2, 0.25) is 0 Å². The van der Waals surface area contributed by atoms with Crippen LogP contribution in [0.4, 0.5) is 0 Å². The fraction of sp³-hybridized carbons (Fsp3) is 0. The predicted octanol–water partition coefficient (Wildman–Crippen LogP) is 5.80. The van der Waals surface area contributed by atoms with Crippen molar-refractivity contribution in [1.29, 1.82) is 0 Å². The molecule has 3 rings (SSSR count). The summed E-state index contributed by atoms with van der Waals surface area (Å²) in [7, 11) is 0. The lowest BCUT2D eigenvalue weighted by Gasteiger charge is -1.94. The molecule has 84 valence electrons. The minimum Gasteiger partial charge on any atom is -0.134 e. The first-order valence-corrected chi connectivity index (χ1v) is 7.25. The average molecular weight is 277 g/mol. The molecule has 17 heavy (non-hydrogen) atoms. The SMILES string of the molecule is Clc1ccc(-c2ccc(-c3ccccc3)s2)s1. The number of benzene rings is 1. The zero-order valence-corrected chi connectivity index (χ0v) is 11.3. The summed E-state index contributed by atoms with van der Waals surface area (Å²) in [6, 6.07) is 18.8. The van der Waals surface area contributed by atoms with Crippen LogP contribution in [0.3, 0.4) is 0 Å². The van der Waals surface area contributed by atoms with Gasteiger partial charge in [-0.25, -0.2) is 0 Å². The normalized spacial score (nSPS) is 10.6. The summed E-state index contributed by atoms with van der Waals surface area (Å²) in [6.07, 6.45) is 0. The van der Waals surface area contributed by atoms with E-state index in [1.165, 1.54) is 20.2 Å². The molecule has 0 N–H and O–H groups in total. The van der Waals surface area contributed by atoms with Crippen LogP contribution in [0.1, 0.15) is 0 Å². The Labute approximate surface area is 113 Å². The van der Waals surface area contributed by atoms with Crippen molar-refractivity contribution in [2.45, 2.75) is 0 Å². The number of halogens is 1. The quantitative estimate of drug-likeness (QED) is 0.555. The van der Waals surface area contributed by atoms with Crippen molar-refractivity contribution in [2.24, 2.45) is 0 Å². The van der Waals surface area contributed by atoms with Gasteiger partial charge in [-0.15, -0.1) is 22.7 Å². The van der Waals surface area contributed by atoms with Gasteiger partial charge in [-0.3, -0.25) is 0 Å². The maximum atomic E-state index is 5.96. The predicted molar refractivity (Wildman–Crippen MR) is 78.1 cm³/mol. The smallest absolute Gasteiger partial charge is 0.0935 e. The molecule has 0 spiro atoms. The molecule has 0 saturated heterocycles. The molecule has 3 heteroatoms. The highest BCUT2D eigenvalue weighted by molar-refractivity contribution is 7.25. The topological polar surface area (TPSA) is 0 Å². The standard InChI is InChI=1S/C14H9ClS2/c15-14-9-8-13(17-14)12-7-6-11(16-12)10-4-2-1-3-5-10/h1-9H. The van der Waals surface area contributed by atoms with Crippen molar-refractivity contribution in [3.63, 3.8) is 0 Å². The lowest BCUT2D eigenvalue weighted by Crippen LogP contribution is -1.67. The van der Waals surface area contributed by atoms with Crippen molar-refractivity contribution < 1.29 is 0 Å². The van der Waals surface area contributed by atoms with Crippen molar-refractivity contribution in [1.82, 2.24) is 0 Å². The maximum absolute atomic E-state index is 5.96. The summed E-state index contributed by atoms with van der Waals surface area (Å²) in [5.41, 5.74) is 1.27. The minimum atomic E-state index is 0.842. The van der Waals surface area contributed by atoms with Crippen LogP contribution < -0.4 is 0 Å². The van der Waals surface area contributed by atoms with Crippen LogP contribution in [0.2, 0.25) is 4.34 Å². The van der Waals surface area contributed by atoms with Crippen LogP contribution in [0.25, 0.3) is 20.2 Å². The second kappa shape index (κ2) is 4.65. The highest BCUT2D eigenvalue weighted by atomic mass is 35.5. The Morgan fingerprint density at radius 2 is 1.29 bits per heavy atom. The van der Waals surface area contributed by atoms with Gasteiger partial charge in [-0.2, -0.15) is 0 Å². The van der Waals surface area contributed by atoms with Crippen molar-refractivity contribution >= 4 is 34.3 Å². The number of rotatable bonds is 2. The van der Waals surface area contributed by atoms with Crippen molar-refractivity contribution in [3.05, 3.63) is 58.9 Å². The fourth-order valence-corrected chi connectivity index (χ4v) is 3.82. The van der Waals surface area contributed by atoms with E-state index in [1.54, 1.807) is 22.7 Å². The van der Waals surface area contributed by atoms with Crippen molar-refractivity contribution in [3.8, 4) is 20.2 Å². The van der Waals surface area contributed by atoms with Gasteiger partial charge in [0.05, 0.1) is 4.34 Å². The highest BCUT2D eigenvalue weighted by Gasteiger charge is 2.06. The summed E-state index contributed by atoms with van der Waals surface area (Å²) in [6.45, 7) is 0. The average Bonchev–Trinajstić information content (AvgIpc) is 2.98. The number of thiophene rings is 2. The molecule has 0 bridgehead atoms. The van der Waals surface area contributed by atoms with Gasteiger partial charge in [0.25, 0.3) is 0 Å². The molecule has 0 unspecified atom stereocenters. The van der Waals surface area contributed by atoms with Crippen LogP contribution in [-0.4, -0.2) is 0 Å². The molecule has 0 aliphatic carbocycles. The summed E-state index contributed by atoms with van der Waals surface area (Å²) >= 11 is 9.39. The maximum Gasteiger partial charge on any atom is 0.0935 e. The summed E-state index contributed by atoms with van der Waals surface area (Å²) in [4.78, 5) is 3.81. The third-order valence-electron chi connectivity index (χ3n) is 2.48. The van der Waals surface area contributed by atoms with Gasteiger partial charge < -0.3 is 0 Å². The molecule has 2 heterocycles. The molecule has 1 aromatic carbocycles. The molecule has 0 saturated carbocycles. The monoisotopic (exact) mass is 276 g/mol. The molecule has 0 amide bonds. The van der Waals surface area contributed by atoms with Crippen LogP contribution in [0.15, 0.2) is 54.6 Å². The summed E-state index contributed by atoms with van der Waals surface area (Å²) in [5.74, 6) is 0. The Hall–Kier alpha value is -1.09. The molecule has 2 aromatic heterocycles. The molecule has 0 aliphatic rings. The van der Waals surface area contributed by atoms with Crippen molar-refractivity contribution in [2.75, 3.05) is 0 Å². The minimum absolute atomic E-state index is 0.842. The van der Waals surface area contributed by atoms with Gasteiger partial charge in [-0.1, -0.05) is 41.9 Å². The fourth-order valence-electron chi connectivity index (χ4n) is 1.67. The molecule has 0 atom stereocenters. The molecular weight excluding hydrogens is 268 g/mol. The van der Waals surface area contributed by atoms with E-state index in [4.69, 9.17) is 11.6 Å². The first-order chi connectivity index (χ1) is 8.33. The van der Waals surface area contributed by atoms with E-state index in [1.807, 2.05) is 12.1 Å². The third-order valence-corrected chi connectivity index (χ3v) is 5.04. The number of hydrogen-bond acceptors (Lipinski definition) is 2. The summed E-state index contributed by atoms with van der Waals surface area (Å²) < 4.78 is 0.842. The second-order valence-corrected chi connectivity index (χ2v) is 6.43. The zero-order chi connectivity index (χ0) is 11.7. The van der Waals surface area contributed by atoms with E-state index in [2.05, 4.69) is 42.5 Å². The van der Waals surface area contributed by atoms with Gasteiger partial charge >= 0.3 is 0 Å². The molecule has 0 aliphatic heterocycles. The van der Waals surface area contributed by atoms with Crippen LogP contribution in [0, 0.1) is 0 Å². The first kappa shape index (κ1) is 11.0. The van der Waals surface area contributed by atoms with Crippen LogP contribution in [-0.2, 0) is 0 Å². The molecule has 0 radical (unpaired) electrons. The van der Waals surface area contributed by atoms with E-state index in [0.29, 0.717) is 0 Å². The number of hydrogen-bond donors (Lipinski definition) is 0. The van der Waals surface area contributed by atoms with Crippen LogP contribution >= 0.6 is 34.3 Å². The third kappa shape index (κ3) is 2.29. The van der Waals surface area contributed by atoms with Gasteiger partial charge in [0.15, 0.2) is 0 Å². The van der Waals surface area contributed by atoms with Gasteiger partial charge in [0.1, 0.15) is 0 Å². The molecular formula is C14H9ClS2. The Kier molecular flexibility index (Phi) is 3.02. The first-order valence-electron chi connectivity index (χ1n) is 5.24. The lowest BCUT2D eigenvalue weighted by atomic mass is 10.2. The summed E-state index contributed by atoms with van der Waals surface area (Å²) in [5, 5.41) is 0. The van der Waals surface area contributed by atoms with Crippen LogP contribution in [0.5, 0.6) is 0 Å². The Bertz CT molecular complexity index is 622. The second-order valence-electron chi connectivity index (χ2n) is 3.63. The highest BCUT2D eigenvalue weighted by Crippen LogP contribution is 2.38. The molecule has 3 aromatic rings.